The molecule has 0 spiro atoms. The molecule has 9 heteroatoms. The summed E-state index contributed by atoms with van der Waals surface area (Å²) >= 11 is 0. The van der Waals surface area contributed by atoms with Gasteiger partial charge in [-0.1, -0.05) is 18.2 Å². The number of hydrogen-bond acceptors (Lipinski definition) is 5. The Morgan fingerprint density at radius 1 is 0.967 bits per heavy atom. The van der Waals surface area contributed by atoms with Crippen molar-refractivity contribution in [1.82, 2.24) is 14.5 Å². The molecule has 154 valence electrons. The van der Waals surface area contributed by atoms with E-state index in [0.29, 0.717) is 17.3 Å². The van der Waals surface area contributed by atoms with Gasteiger partial charge in [0.2, 0.25) is 5.95 Å². The SMILES string of the molecule is COc1cc(Nc2cc3c(cn2)nc(Nc2ccccc2)n3C)cc(C(F)(F)F)c1. The van der Waals surface area contributed by atoms with Gasteiger partial charge in [0.05, 0.1) is 24.4 Å². The summed E-state index contributed by atoms with van der Waals surface area (Å²) in [6.45, 7) is 0. The number of nitrogens with one attached hydrogen (secondary N) is 2. The molecule has 0 saturated heterocycles. The molecule has 0 aliphatic heterocycles. The van der Waals surface area contributed by atoms with Crippen molar-refractivity contribution >= 4 is 34.2 Å². The number of anilines is 4. The molecule has 2 heterocycles. The van der Waals surface area contributed by atoms with E-state index in [1.165, 1.54) is 13.2 Å². The average molecular weight is 413 g/mol. The average Bonchev–Trinajstić information content (AvgIpc) is 3.03. The van der Waals surface area contributed by atoms with Gasteiger partial charge < -0.3 is 19.9 Å². The number of halogens is 3. The molecule has 0 fully saturated rings. The standard InChI is InChI=1S/C21H18F3N5O/c1-29-18-11-19(26-15-8-13(21(22,23)24)9-16(10-15)30-2)25-12-17(18)28-20(29)27-14-6-4-3-5-7-14/h3-12H,1-2H3,(H,25,26)(H,27,28). The number of methoxy groups -OCH3 is 1. The number of aromatic nitrogens is 3. The van der Waals surface area contributed by atoms with Crippen LogP contribution < -0.4 is 15.4 Å². The number of aryl methyl sites for hydroxylation is 1. The zero-order chi connectivity index (χ0) is 21.3. The first-order chi connectivity index (χ1) is 14.3. The number of hydrogen-bond donors (Lipinski definition) is 2. The van der Waals surface area contributed by atoms with Crippen molar-refractivity contribution in [3.8, 4) is 5.75 Å². The number of pyridine rings is 1. The predicted octanol–water partition coefficient (Wildman–Crippen LogP) is 5.48. The summed E-state index contributed by atoms with van der Waals surface area (Å²) in [6, 6.07) is 14.8. The van der Waals surface area contributed by atoms with Gasteiger partial charge >= 0.3 is 6.18 Å². The highest BCUT2D eigenvalue weighted by molar-refractivity contribution is 5.82. The van der Waals surface area contributed by atoms with E-state index in [9.17, 15) is 13.2 Å². The largest absolute Gasteiger partial charge is 0.497 e. The Kier molecular flexibility index (Phi) is 4.94. The van der Waals surface area contributed by atoms with Crippen molar-refractivity contribution in [3.63, 3.8) is 0 Å². The molecule has 0 aliphatic rings. The summed E-state index contributed by atoms with van der Waals surface area (Å²) in [5.41, 5.74) is 1.73. The van der Waals surface area contributed by atoms with Crippen LogP contribution in [0.5, 0.6) is 5.75 Å². The molecule has 2 aromatic carbocycles. The molecule has 0 saturated carbocycles. The van der Waals surface area contributed by atoms with Crippen molar-refractivity contribution in [1.29, 1.82) is 0 Å². The van der Waals surface area contributed by atoms with Gasteiger partial charge in [-0.25, -0.2) is 9.97 Å². The van der Waals surface area contributed by atoms with Crippen LogP contribution in [0.4, 0.5) is 36.3 Å². The van der Waals surface area contributed by atoms with Gasteiger partial charge in [0.25, 0.3) is 0 Å². The Balaban J connectivity index is 1.65. The third-order valence-corrected chi connectivity index (χ3v) is 4.54. The molecule has 30 heavy (non-hydrogen) atoms. The summed E-state index contributed by atoms with van der Waals surface area (Å²) in [5.74, 6) is 1.11. The maximum atomic E-state index is 13.1. The van der Waals surface area contributed by atoms with Crippen LogP contribution in [0.15, 0.2) is 60.8 Å². The van der Waals surface area contributed by atoms with E-state index in [0.717, 1.165) is 23.3 Å². The van der Waals surface area contributed by atoms with Gasteiger partial charge in [0, 0.05) is 30.6 Å². The Labute approximate surface area is 170 Å². The van der Waals surface area contributed by atoms with E-state index in [-0.39, 0.29) is 11.4 Å². The van der Waals surface area contributed by atoms with Crippen LogP contribution in [0.2, 0.25) is 0 Å². The van der Waals surface area contributed by atoms with Gasteiger partial charge in [0.1, 0.15) is 17.1 Å². The van der Waals surface area contributed by atoms with Crippen molar-refractivity contribution in [2.75, 3.05) is 17.7 Å². The van der Waals surface area contributed by atoms with E-state index >= 15 is 0 Å². The summed E-state index contributed by atoms with van der Waals surface area (Å²) in [6.07, 6.45) is -2.92. The summed E-state index contributed by atoms with van der Waals surface area (Å²) < 4.78 is 46.3. The van der Waals surface area contributed by atoms with Gasteiger partial charge in [0.15, 0.2) is 0 Å². The Hall–Kier alpha value is -3.75. The highest BCUT2D eigenvalue weighted by Gasteiger charge is 2.31. The molecule has 4 rings (SSSR count). The van der Waals surface area contributed by atoms with Crippen LogP contribution in [0.25, 0.3) is 11.0 Å². The summed E-state index contributed by atoms with van der Waals surface area (Å²) in [4.78, 5) is 8.80. The van der Waals surface area contributed by atoms with Gasteiger partial charge in [-0.05, 0) is 24.3 Å². The molecule has 0 atom stereocenters. The minimum atomic E-state index is -4.48. The smallest absolute Gasteiger partial charge is 0.416 e. The lowest BCUT2D eigenvalue weighted by atomic mass is 10.1. The lowest BCUT2D eigenvalue weighted by Gasteiger charge is -2.13. The van der Waals surface area contributed by atoms with E-state index in [1.54, 1.807) is 12.3 Å². The van der Waals surface area contributed by atoms with Crippen LogP contribution in [0, 0.1) is 0 Å². The topological polar surface area (TPSA) is 64.0 Å². The number of rotatable bonds is 5. The third kappa shape index (κ3) is 4.00. The highest BCUT2D eigenvalue weighted by atomic mass is 19.4. The second kappa shape index (κ2) is 7.58. The van der Waals surface area contributed by atoms with E-state index in [4.69, 9.17) is 4.74 Å². The predicted molar refractivity (Wildman–Crippen MR) is 110 cm³/mol. The molecule has 0 radical (unpaired) electrons. The van der Waals surface area contributed by atoms with Gasteiger partial charge in [-0.3, -0.25) is 0 Å². The van der Waals surface area contributed by atoms with E-state index in [1.807, 2.05) is 41.9 Å². The zero-order valence-electron chi connectivity index (χ0n) is 16.2. The van der Waals surface area contributed by atoms with Crippen molar-refractivity contribution in [2.45, 2.75) is 6.18 Å². The fourth-order valence-electron chi connectivity index (χ4n) is 3.03. The number of alkyl halides is 3. The molecule has 6 nitrogen and oxygen atoms in total. The maximum absolute atomic E-state index is 13.1. The molecular formula is C21H18F3N5O. The number of para-hydroxylation sites is 1. The first kappa shape index (κ1) is 19.6. The normalized spacial score (nSPS) is 11.5. The van der Waals surface area contributed by atoms with Crippen LogP contribution in [0.1, 0.15) is 5.56 Å². The van der Waals surface area contributed by atoms with Crippen LogP contribution in [-0.2, 0) is 13.2 Å². The number of ether oxygens (including phenoxy) is 1. The first-order valence-electron chi connectivity index (χ1n) is 9.01. The molecule has 0 unspecified atom stereocenters. The third-order valence-electron chi connectivity index (χ3n) is 4.54. The molecule has 0 aliphatic carbocycles. The lowest BCUT2D eigenvalue weighted by molar-refractivity contribution is -0.137. The number of benzene rings is 2. The van der Waals surface area contributed by atoms with Gasteiger partial charge in [-0.2, -0.15) is 13.2 Å². The first-order valence-corrected chi connectivity index (χ1v) is 9.01. The number of imidazole rings is 1. The van der Waals surface area contributed by atoms with Gasteiger partial charge in [-0.15, -0.1) is 0 Å². The van der Waals surface area contributed by atoms with E-state index < -0.39 is 11.7 Å². The Bertz CT molecular complexity index is 1190. The van der Waals surface area contributed by atoms with Crippen molar-refractivity contribution in [3.05, 3.63) is 66.4 Å². The lowest BCUT2D eigenvalue weighted by Crippen LogP contribution is -2.06. The molecule has 4 aromatic rings. The van der Waals surface area contributed by atoms with Crippen molar-refractivity contribution < 1.29 is 17.9 Å². The fraction of sp³-hybridized carbons (Fsp3) is 0.143. The second-order valence-corrected chi connectivity index (χ2v) is 6.62. The molecular weight excluding hydrogens is 395 g/mol. The second-order valence-electron chi connectivity index (χ2n) is 6.62. The summed E-state index contributed by atoms with van der Waals surface area (Å²) in [5, 5.41) is 6.15. The zero-order valence-corrected chi connectivity index (χ0v) is 16.2. The fourth-order valence-corrected chi connectivity index (χ4v) is 3.03. The quantitative estimate of drug-likeness (QED) is 0.453. The van der Waals surface area contributed by atoms with E-state index in [2.05, 4.69) is 20.6 Å². The maximum Gasteiger partial charge on any atom is 0.416 e. The molecule has 2 aromatic heterocycles. The van der Waals surface area contributed by atoms with Crippen LogP contribution >= 0.6 is 0 Å². The monoisotopic (exact) mass is 413 g/mol. The van der Waals surface area contributed by atoms with Crippen molar-refractivity contribution in [2.24, 2.45) is 7.05 Å². The molecule has 0 bridgehead atoms. The Morgan fingerprint density at radius 2 is 1.73 bits per heavy atom. The van der Waals surface area contributed by atoms with Crippen LogP contribution in [-0.4, -0.2) is 21.6 Å². The minimum absolute atomic E-state index is 0.100. The minimum Gasteiger partial charge on any atom is -0.497 e. The highest BCUT2D eigenvalue weighted by Crippen LogP contribution is 2.35. The Morgan fingerprint density at radius 3 is 2.43 bits per heavy atom. The number of fused-ring (bicyclic) bond motifs is 1. The molecule has 0 amide bonds. The number of nitrogens with zero attached hydrogens (tertiary/aromatic N) is 3. The molecule has 2 N–H and O–H groups in total. The summed E-state index contributed by atoms with van der Waals surface area (Å²) in [7, 11) is 3.16. The van der Waals surface area contributed by atoms with Crippen LogP contribution in [0.3, 0.4) is 0 Å².